The van der Waals surface area contributed by atoms with Gasteiger partial charge in [-0.2, -0.15) is 0 Å². The highest BCUT2D eigenvalue weighted by Crippen LogP contribution is 2.48. The maximum Gasteiger partial charge on any atom is 0.339 e. The third-order valence-electron chi connectivity index (χ3n) is 6.32. The van der Waals surface area contributed by atoms with Crippen molar-refractivity contribution in [2.75, 3.05) is 33.2 Å². The van der Waals surface area contributed by atoms with Gasteiger partial charge < -0.3 is 19.5 Å². The van der Waals surface area contributed by atoms with Crippen LogP contribution in [0.3, 0.4) is 0 Å². The number of phenolic OH excluding ortho intramolecular Hbond substituents is 1. The van der Waals surface area contributed by atoms with Crippen LogP contribution in [-0.2, 0) is 0 Å². The molecule has 1 aromatic heterocycles. The van der Waals surface area contributed by atoms with Crippen LogP contribution in [0.4, 0.5) is 4.39 Å². The molecular weight excluding hydrogens is 461 g/mol. The Bertz CT molecular complexity index is 1340. The summed E-state index contributed by atoms with van der Waals surface area (Å²) in [7, 11) is 2.02. The number of halogens is 2. The van der Waals surface area contributed by atoms with Crippen LogP contribution in [0, 0.1) is 5.82 Å². The fourth-order valence-corrected chi connectivity index (χ4v) is 4.75. The van der Waals surface area contributed by atoms with E-state index < -0.39 is 17.8 Å². The lowest BCUT2D eigenvalue weighted by atomic mass is 9.88. The minimum atomic E-state index is -1.21. The number of aliphatic imine (C=N–C) groups is 1. The van der Waals surface area contributed by atoms with Gasteiger partial charge in [-0.05, 0) is 44.5 Å². The van der Waals surface area contributed by atoms with Crippen molar-refractivity contribution in [3.63, 3.8) is 0 Å². The summed E-state index contributed by atoms with van der Waals surface area (Å²) in [6.07, 6.45) is 6.26. The molecule has 0 radical (unpaired) electrons. The van der Waals surface area contributed by atoms with Gasteiger partial charge in [-0.1, -0.05) is 17.7 Å². The number of aromatic carboxylic acids is 1. The average Bonchev–Trinajstić information content (AvgIpc) is 3.26. The number of furan rings is 1. The predicted octanol–water partition coefficient (Wildman–Crippen LogP) is 5.23. The summed E-state index contributed by atoms with van der Waals surface area (Å²) in [5.74, 6) is -2.37. The Balaban J connectivity index is 2.14. The van der Waals surface area contributed by atoms with E-state index in [2.05, 4.69) is 21.5 Å². The summed E-state index contributed by atoms with van der Waals surface area (Å²) >= 11 is 6.05. The van der Waals surface area contributed by atoms with E-state index in [1.807, 2.05) is 20.0 Å². The fraction of sp³-hybridized carbons (Fsp3) is 0.280. The molecule has 7 nitrogen and oxygen atoms in total. The Labute approximate surface area is 201 Å². The number of benzene rings is 2. The fourth-order valence-electron chi connectivity index (χ4n) is 4.60. The molecule has 1 saturated heterocycles. The molecule has 0 saturated carbocycles. The zero-order valence-electron chi connectivity index (χ0n) is 18.9. The Morgan fingerprint density at radius 2 is 2.00 bits per heavy atom. The van der Waals surface area contributed by atoms with Crippen molar-refractivity contribution in [3.8, 4) is 5.75 Å². The first-order chi connectivity index (χ1) is 16.3. The summed E-state index contributed by atoms with van der Waals surface area (Å²) < 4.78 is 20.9. The molecule has 1 aliphatic rings. The molecule has 4 rings (SSSR count). The number of carboxylic acids is 1. The van der Waals surface area contributed by atoms with Crippen LogP contribution in [0.1, 0.15) is 28.9 Å². The summed E-state index contributed by atoms with van der Waals surface area (Å²) in [6.45, 7) is 8.16. The van der Waals surface area contributed by atoms with E-state index in [4.69, 9.17) is 16.0 Å². The molecule has 2 aromatic carbocycles. The molecule has 1 aliphatic heterocycles. The summed E-state index contributed by atoms with van der Waals surface area (Å²) in [4.78, 5) is 20.3. The Morgan fingerprint density at radius 3 is 2.62 bits per heavy atom. The third kappa shape index (κ3) is 3.98. The first-order valence-electron chi connectivity index (χ1n) is 10.8. The van der Waals surface area contributed by atoms with E-state index in [9.17, 15) is 15.0 Å². The van der Waals surface area contributed by atoms with Crippen molar-refractivity contribution in [1.82, 2.24) is 9.80 Å². The molecule has 0 bridgehead atoms. The third-order valence-corrected chi connectivity index (χ3v) is 6.61. The first-order valence-corrected chi connectivity index (χ1v) is 11.2. The molecular formula is C25H25ClFN3O4. The van der Waals surface area contributed by atoms with Gasteiger partial charge in [-0.15, -0.1) is 0 Å². The number of aromatic hydroxyl groups is 1. The maximum absolute atomic E-state index is 15.3. The Morgan fingerprint density at radius 1 is 1.29 bits per heavy atom. The van der Waals surface area contributed by atoms with Crippen LogP contribution >= 0.6 is 11.6 Å². The molecule has 2 heterocycles. The lowest BCUT2D eigenvalue weighted by Gasteiger charge is -2.39. The van der Waals surface area contributed by atoms with Gasteiger partial charge in [-0.25, -0.2) is 9.18 Å². The van der Waals surface area contributed by atoms with Crippen molar-refractivity contribution < 1.29 is 23.8 Å². The summed E-state index contributed by atoms with van der Waals surface area (Å²) in [5, 5.41) is 21.7. The number of phenols is 1. The molecule has 9 heteroatoms. The van der Waals surface area contributed by atoms with Gasteiger partial charge in [-0.3, -0.25) is 9.89 Å². The quantitative estimate of drug-likeness (QED) is 0.367. The molecule has 1 unspecified atom stereocenters. The molecule has 2 N–H and O–H groups in total. The van der Waals surface area contributed by atoms with Gasteiger partial charge in [0.15, 0.2) is 5.82 Å². The van der Waals surface area contributed by atoms with Gasteiger partial charge in [0.05, 0.1) is 16.5 Å². The number of piperazine rings is 1. The van der Waals surface area contributed by atoms with Crippen molar-refractivity contribution in [2.45, 2.75) is 13.0 Å². The number of nitrogens with zero attached hydrogens (tertiary/aromatic N) is 3. The zero-order valence-corrected chi connectivity index (χ0v) is 19.6. The minimum absolute atomic E-state index is 0.110. The van der Waals surface area contributed by atoms with Crippen LogP contribution in [0.2, 0.25) is 5.02 Å². The first kappa shape index (κ1) is 23.9. The molecule has 0 aliphatic carbocycles. The number of allylic oxidation sites excluding steroid dienone is 1. The van der Waals surface area contributed by atoms with Gasteiger partial charge >= 0.3 is 5.97 Å². The van der Waals surface area contributed by atoms with Crippen LogP contribution < -0.4 is 0 Å². The van der Waals surface area contributed by atoms with E-state index in [0.717, 1.165) is 24.9 Å². The van der Waals surface area contributed by atoms with E-state index in [0.29, 0.717) is 13.1 Å². The van der Waals surface area contributed by atoms with E-state index in [-0.39, 0.29) is 43.6 Å². The van der Waals surface area contributed by atoms with E-state index in [1.165, 1.54) is 18.3 Å². The van der Waals surface area contributed by atoms with Crippen LogP contribution in [0.5, 0.6) is 5.75 Å². The number of fused-ring (bicyclic) bond motifs is 3. The SMILES string of the molecule is C=N/C=C\C(=C/C)C(c1c(O)c2c(F)c(Cl)ccc2c2occ(C(=O)O)c12)N1CCN(C)CC1. The molecule has 0 spiro atoms. The molecule has 178 valence electrons. The van der Waals surface area contributed by atoms with Crippen molar-refractivity contribution in [2.24, 2.45) is 4.99 Å². The second-order valence-corrected chi connectivity index (χ2v) is 8.64. The zero-order chi connectivity index (χ0) is 24.6. The van der Waals surface area contributed by atoms with Gasteiger partial charge in [0.25, 0.3) is 0 Å². The Hall–Kier alpha value is -3.20. The van der Waals surface area contributed by atoms with E-state index >= 15 is 4.39 Å². The molecule has 3 aromatic rings. The number of hydrogen-bond donors (Lipinski definition) is 2. The smallest absolute Gasteiger partial charge is 0.339 e. The summed E-state index contributed by atoms with van der Waals surface area (Å²) in [6, 6.07) is 2.27. The molecule has 1 fully saturated rings. The lowest BCUT2D eigenvalue weighted by Crippen LogP contribution is -2.46. The monoisotopic (exact) mass is 485 g/mol. The largest absolute Gasteiger partial charge is 0.507 e. The van der Waals surface area contributed by atoms with Crippen LogP contribution in [0.25, 0.3) is 21.7 Å². The van der Waals surface area contributed by atoms with E-state index in [1.54, 1.807) is 6.08 Å². The van der Waals surface area contributed by atoms with Crippen molar-refractivity contribution >= 4 is 46.0 Å². The number of carboxylic acid groups (broad SMARTS) is 1. The molecule has 0 amide bonds. The number of likely N-dealkylation sites (N-methyl/N-ethyl adjacent to an activating group) is 1. The number of carbonyl (C=O) groups is 1. The highest BCUT2D eigenvalue weighted by molar-refractivity contribution is 6.32. The minimum Gasteiger partial charge on any atom is -0.507 e. The molecule has 1 atom stereocenters. The van der Waals surface area contributed by atoms with Gasteiger partial charge in [0.1, 0.15) is 23.2 Å². The van der Waals surface area contributed by atoms with Crippen LogP contribution in [-0.4, -0.2) is 65.9 Å². The topological polar surface area (TPSA) is 89.5 Å². The van der Waals surface area contributed by atoms with Crippen molar-refractivity contribution in [1.29, 1.82) is 0 Å². The average molecular weight is 486 g/mol. The lowest BCUT2D eigenvalue weighted by molar-refractivity contribution is 0.0697. The van der Waals surface area contributed by atoms with Crippen LogP contribution in [0.15, 0.2) is 51.7 Å². The normalized spacial score (nSPS) is 17.1. The Kier molecular flexibility index (Phi) is 6.74. The highest BCUT2D eigenvalue weighted by Gasteiger charge is 2.34. The number of hydrogen-bond acceptors (Lipinski definition) is 6. The van der Waals surface area contributed by atoms with Gasteiger partial charge in [0, 0.05) is 48.7 Å². The molecule has 34 heavy (non-hydrogen) atoms. The highest BCUT2D eigenvalue weighted by atomic mass is 35.5. The van der Waals surface area contributed by atoms with Gasteiger partial charge in [0.2, 0.25) is 0 Å². The summed E-state index contributed by atoms with van der Waals surface area (Å²) in [5.41, 5.74) is 1.06. The van der Waals surface area contributed by atoms with Crippen molar-refractivity contribution in [3.05, 3.63) is 64.3 Å². The predicted molar refractivity (Wildman–Crippen MR) is 132 cm³/mol. The standard InChI is InChI=1S/C25H25ClFN3O4/c1-4-14(7-8-28-2)22(30-11-9-29(3)10-12-30)20-18-16(25(32)33)13-34-24(18)15-5-6-17(26)21(27)19(15)23(20)31/h4-8,13,22,31H,2,9-12H2,1,3H3,(H,32,33)/b8-7-,14-4+. The second-order valence-electron chi connectivity index (χ2n) is 8.23. The second kappa shape index (κ2) is 9.58. The maximum atomic E-state index is 15.3. The number of rotatable bonds is 6.